The lowest BCUT2D eigenvalue weighted by atomic mass is 10.0. The van der Waals surface area contributed by atoms with Gasteiger partial charge in [0.25, 0.3) is 0 Å². The number of aromatic nitrogens is 1. The predicted molar refractivity (Wildman–Crippen MR) is 71.7 cm³/mol. The standard InChI is InChI=1S/C14H13BrFNO/c1-9-3-2-6-17-14(9)13(18)7-10-4-5-11(15)8-12(10)16/h2-6,8,13,18H,7H2,1H3. The van der Waals surface area contributed by atoms with E-state index in [4.69, 9.17) is 0 Å². The molecule has 1 unspecified atom stereocenters. The number of halogens is 2. The van der Waals surface area contributed by atoms with Crippen molar-refractivity contribution in [2.45, 2.75) is 19.4 Å². The van der Waals surface area contributed by atoms with Crippen LogP contribution >= 0.6 is 15.9 Å². The number of benzene rings is 1. The molecule has 2 rings (SSSR count). The normalized spacial score (nSPS) is 12.4. The minimum absolute atomic E-state index is 0.219. The lowest BCUT2D eigenvalue weighted by Crippen LogP contribution is -2.07. The predicted octanol–water partition coefficient (Wildman–Crippen LogP) is 3.57. The molecule has 94 valence electrons. The molecule has 0 saturated carbocycles. The fourth-order valence-corrected chi connectivity index (χ4v) is 2.17. The molecule has 0 aliphatic carbocycles. The van der Waals surface area contributed by atoms with Gasteiger partial charge in [-0.05, 0) is 36.2 Å². The number of hydrogen-bond donors (Lipinski definition) is 1. The van der Waals surface area contributed by atoms with Crippen LogP contribution in [0.1, 0.15) is 22.9 Å². The molecule has 0 aliphatic rings. The highest BCUT2D eigenvalue weighted by molar-refractivity contribution is 9.10. The summed E-state index contributed by atoms with van der Waals surface area (Å²) in [6, 6.07) is 8.51. The van der Waals surface area contributed by atoms with Crippen molar-refractivity contribution in [1.82, 2.24) is 4.98 Å². The molecule has 2 nitrogen and oxygen atoms in total. The molecule has 1 N–H and O–H groups in total. The van der Waals surface area contributed by atoms with E-state index in [0.29, 0.717) is 15.7 Å². The van der Waals surface area contributed by atoms with E-state index in [0.717, 1.165) is 5.56 Å². The van der Waals surface area contributed by atoms with Crippen LogP contribution in [0.15, 0.2) is 41.0 Å². The Bertz CT molecular complexity index is 559. The van der Waals surface area contributed by atoms with Crippen molar-refractivity contribution < 1.29 is 9.50 Å². The van der Waals surface area contributed by atoms with E-state index in [1.807, 2.05) is 19.1 Å². The molecule has 4 heteroatoms. The van der Waals surface area contributed by atoms with E-state index in [1.165, 1.54) is 6.07 Å². The summed E-state index contributed by atoms with van der Waals surface area (Å²) in [4.78, 5) is 4.14. The first-order valence-electron chi connectivity index (χ1n) is 5.61. The number of aryl methyl sites for hydroxylation is 1. The van der Waals surface area contributed by atoms with Crippen LogP contribution in [-0.4, -0.2) is 10.1 Å². The lowest BCUT2D eigenvalue weighted by molar-refractivity contribution is 0.171. The average Bonchev–Trinajstić information content (AvgIpc) is 2.33. The van der Waals surface area contributed by atoms with Crippen molar-refractivity contribution in [3.8, 4) is 0 Å². The summed E-state index contributed by atoms with van der Waals surface area (Å²) < 4.78 is 14.4. The maximum atomic E-state index is 13.7. The highest BCUT2D eigenvalue weighted by Crippen LogP contribution is 2.22. The Balaban J connectivity index is 2.21. The molecule has 0 aliphatic heterocycles. The summed E-state index contributed by atoms with van der Waals surface area (Å²) in [5, 5.41) is 10.1. The van der Waals surface area contributed by atoms with E-state index < -0.39 is 6.10 Å². The minimum Gasteiger partial charge on any atom is -0.386 e. The Morgan fingerprint density at radius 2 is 2.17 bits per heavy atom. The zero-order chi connectivity index (χ0) is 13.1. The van der Waals surface area contributed by atoms with E-state index in [9.17, 15) is 9.50 Å². The first-order valence-corrected chi connectivity index (χ1v) is 6.40. The molecule has 0 saturated heterocycles. The Morgan fingerprint density at radius 1 is 1.39 bits per heavy atom. The van der Waals surface area contributed by atoms with Gasteiger partial charge in [0.05, 0.1) is 5.69 Å². The molecule has 1 aromatic carbocycles. The summed E-state index contributed by atoms with van der Waals surface area (Å²) in [6.45, 7) is 1.88. The van der Waals surface area contributed by atoms with Gasteiger partial charge in [-0.2, -0.15) is 0 Å². The molecule has 0 spiro atoms. The molecule has 18 heavy (non-hydrogen) atoms. The average molecular weight is 310 g/mol. The summed E-state index contributed by atoms with van der Waals surface area (Å²) in [5.41, 5.74) is 1.98. The van der Waals surface area contributed by atoms with E-state index in [-0.39, 0.29) is 12.2 Å². The van der Waals surface area contributed by atoms with Gasteiger partial charge in [0, 0.05) is 17.1 Å². The third kappa shape index (κ3) is 2.94. The zero-order valence-electron chi connectivity index (χ0n) is 9.90. The van der Waals surface area contributed by atoms with Crippen LogP contribution in [0, 0.1) is 12.7 Å². The summed E-state index contributed by atoms with van der Waals surface area (Å²) in [5.74, 6) is -0.322. The Morgan fingerprint density at radius 3 is 2.83 bits per heavy atom. The van der Waals surface area contributed by atoms with Crippen molar-refractivity contribution in [3.05, 3.63) is 63.6 Å². The maximum Gasteiger partial charge on any atom is 0.127 e. The lowest BCUT2D eigenvalue weighted by Gasteiger charge is -2.13. The highest BCUT2D eigenvalue weighted by atomic mass is 79.9. The van der Waals surface area contributed by atoms with Gasteiger partial charge in [0.15, 0.2) is 0 Å². The van der Waals surface area contributed by atoms with Crippen molar-refractivity contribution in [2.24, 2.45) is 0 Å². The van der Waals surface area contributed by atoms with Crippen molar-refractivity contribution in [1.29, 1.82) is 0 Å². The van der Waals surface area contributed by atoms with Gasteiger partial charge in [-0.3, -0.25) is 4.98 Å². The highest BCUT2D eigenvalue weighted by Gasteiger charge is 2.14. The molecule has 0 bridgehead atoms. The Hall–Kier alpha value is -1.26. The Labute approximate surface area is 114 Å². The third-order valence-electron chi connectivity index (χ3n) is 2.79. The maximum absolute atomic E-state index is 13.7. The molecule has 2 aromatic rings. The van der Waals surface area contributed by atoms with Gasteiger partial charge in [-0.1, -0.05) is 28.1 Å². The van der Waals surface area contributed by atoms with E-state index >= 15 is 0 Å². The first-order chi connectivity index (χ1) is 8.58. The van der Waals surface area contributed by atoms with Crippen LogP contribution in [0.3, 0.4) is 0 Å². The van der Waals surface area contributed by atoms with Crippen LogP contribution in [0.4, 0.5) is 4.39 Å². The van der Waals surface area contributed by atoms with Gasteiger partial charge in [-0.15, -0.1) is 0 Å². The minimum atomic E-state index is -0.790. The van der Waals surface area contributed by atoms with Crippen molar-refractivity contribution in [2.75, 3.05) is 0 Å². The fourth-order valence-electron chi connectivity index (χ4n) is 1.84. The van der Waals surface area contributed by atoms with Gasteiger partial charge in [0.2, 0.25) is 0 Å². The topological polar surface area (TPSA) is 33.1 Å². The second-order valence-corrected chi connectivity index (χ2v) is 5.08. The summed E-state index contributed by atoms with van der Waals surface area (Å²) in [6.07, 6.45) is 1.06. The molecule has 1 aromatic heterocycles. The SMILES string of the molecule is Cc1cccnc1C(O)Cc1ccc(Br)cc1F. The zero-order valence-corrected chi connectivity index (χ0v) is 11.5. The summed E-state index contributed by atoms with van der Waals surface area (Å²) in [7, 11) is 0. The van der Waals surface area contributed by atoms with Crippen LogP contribution in [-0.2, 0) is 6.42 Å². The number of pyridine rings is 1. The second kappa shape index (κ2) is 5.59. The first kappa shape index (κ1) is 13.2. The van der Waals surface area contributed by atoms with Crippen molar-refractivity contribution in [3.63, 3.8) is 0 Å². The fraction of sp³-hybridized carbons (Fsp3) is 0.214. The molecular weight excluding hydrogens is 297 g/mol. The molecular formula is C14H13BrFNO. The molecule has 1 heterocycles. The number of nitrogens with zero attached hydrogens (tertiary/aromatic N) is 1. The molecule has 1 atom stereocenters. The van der Waals surface area contributed by atoms with Gasteiger partial charge >= 0.3 is 0 Å². The monoisotopic (exact) mass is 309 g/mol. The second-order valence-electron chi connectivity index (χ2n) is 4.16. The molecule has 0 amide bonds. The number of hydrogen-bond acceptors (Lipinski definition) is 2. The van der Waals surface area contributed by atoms with E-state index in [2.05, 4.69) is 20.9 Å². The number of rotatable bonds is 3. The smallest absolute Gasteiger partial charge is 0.127 e. The van der Waals surface area contributed by atoms with Gasteiger partial charge in [-0.25, -0.2) is 4.39 Å². The number of aliphatic hydroxyl groups excluding tert-OH is 1. The van der Waals surface area contributed by atoms with Crippen LogP contribution in [0.25, 0.3) is 0 Å². The largest absolute Gasteiger partial charge is 0.386 e. The van der Waals surface area contributed by atoms with Gasteiger partial charge in [0.1, 0.15) is 11.9 Å². The van der Waals surface area contributed by atoms with Crippen LogP contribution < -0.4 is 0 Å². The molecule has 0 fully saturated rings. The number of aliphatic hydroxyl groups is 1. The van der Waals surface area contributed by atoms with E-state index in [1.54, 1.807) is 18.3 Å². The van der Waals surface area contributed by atoms with Gasteiger partial charge < -0.3 is 5.11 Å². The Kier molecular flexibility index (Phi) is 4.09. The van der Waals surface area contributed by atoms with Crippen LogP contribution in [0.5, 0.6) is 0 Å². The summed E-state index contributed by atoms with van der Waals surface area (Å²) >= 11 is 3.20. The van der Waals surface area contributed by atoms with Crippen molar-refractivity contribution >= 4 is 15.9 Å². The quantitative estimate of drug-likeness (QED) is 0.940. The third-order valence-corrected chi connectivity index (χ3v) is 3.29. The molecule has 0 radical (unpaired) electrons. The van der Waals surface area contributed by atoms with Crippen LogP contribution in [0.2, 0.25) is 0 Å².